The minimum Gasteiger partial charge on any atom is -0.497 e. The molecule has 0 aliphatic rings. The molecule has 0 aromatic heterocycles. The first-order valence-electron chi connectivity index (χ1n) is 7.93. The Hall–Kier alpha value is -1.85. The number of ether oxygens (including phenoxy) is 2. The second-order valence-corrected chi connectivity index (χ2v) is 7.05. The van der Waals surface area contributed by atoms with Gasteiger partial charge in [-0.1, -0.05) is 11.6 Å². The molecule has 0 spiro atoms. The second-order valence-electron chi connectivity index (χ2n) is 5.45. The van der Waals surface area contributed by atoms with Crippen molar-refractivity contribution in [2.24, 2.45) is 0 Å². The van der Waals surface area contributed by atoms with Gasteiger partial charge in [-0.05, 0) is 49.4 Å². The predicted molar refractivity (Wildman–Crippen MR) is 103 cm³/mol. The minimum absolute atomic E-state index is 0.00108. The van der Waals surface area contributed by atoms with E-state index >= 15 is 0 Å². The normalized spacial score (nSPS) is 11.7. The zero-order valence-corrected chi connectivity index (χ0v) is 16.1. The van der Waals surface area contributed by atoms with E-state index in [4.69, 9.17) is 21.1 Å². The number of hydrogen-bond acceptors (Lipinski definition) is 4. The summed E-state index contributed by atoms with van der Waals surface area (Å²) in [6.45, 7) is 1.93. The molecule has 0 fully saturated rings. The van der Waals surface area contributed by atoms with Crippen molar-refractivity contribution in [3.63, 3.8) is 0 Å². The molecule has 2 aromatic carbocycles. The van der Waals surface area contributed by atoms with Gasteiger partial charge in [0.25, 0.3) is 0 Å². The van der Waals surface area contributed by atoms with Gasteiger partial charge in [0.2, 0.25) is 5.91 Å². The summed E-state index contributed by atoms with van der Waals surface area (Å²) in [5, 5.41) is 3.72. The minimum atomic E-state index is -0.168. The van der Waals surface area contributed by atoms with E-state index in [2.05, 4.69) is 5.32 Å². The number of rotatable bonds is 8. The first kappa shape index (κ1) is 19.5. The number of halogens is 1. The first-order valence-corrected chi connectivity index (χ1v) is 9.29. The van der Waals surface area contributed by atoms with E-state index in [9.17, 15) is 4.79 Å². The molecular weight excluding hydrogens is 358 g/mol. The van der Waals surface area contributed by atoms with Gasteiger partial charge in [-0.3, -0.25) is 4.79 Å². The monoisotopic (exact) mass is 379 g/mol. The van der Waals surface area contributed by atoms with E-state index in [0.29, 0.717) is 17.2 Å². The van der Waals surface area contributed by atoms with Crippen LogP contribution in [0.2, 0.25) is 5.02 Å². The average Bonchev–Trinajstić information content (AvgIpc) is 2.62. The summed E-state index contributed by atoms with van der Waals surface area (Å²) in [6, 6.07) is 13.0. The summed E-state index contributed by atoms with van der Waals surface area (Å²) in [4.78, 5) is 13.3. The fourth-order valence-electron chi connectivity index (χ4n) is 2.36. The highest BCUT2D eigenvalue weighted by atomic mass is 35.5. The molecule has 0 unspecified atom stereocenters. The Labute approximate surface area is 157 Å². The third kappa shape index (κ3) is 5.87. The summed E-state index contributed by atoms with van der Waals surface area (Å²) < 4.78 is 10.6. The van der Waals surface area contributed by atoms with Crippen LogP contribution >= 0.6 is 23.4 Å². The van der Waals surface area contributed by atoms with E-state index in [-0.39, 0.29) is 11.9 Å². The van der Waals surface area contributed by atoms with Crippen LogP contribution in [-0.2, 0) is 4.79 Å². The summed E-state index contributed by atoms with van der Waals surface area (Å²) >= 11 is 7.50. The Morgan fingerprint density at radius 3 is 2.52 bits per heavy atom. The van der Waals surface area contributed by atoms with Gasteiger partial charge in [-0.2, -0.15) is 0 Å². The predicted octanol–water partition coefficient (Wildman–Crippen LogP) is 4.72. The van der Waals surface area contributed by atoms with Crippen LogP contribution < -0.4 is 14.8 Å². The molecular formula is C19H22ClNO3S. The van der Waals surface area contributed by atoms with Crippen LogP contribution in [0.5, 0.6) is 11.5 Å². The molecule has 134 valence electrons. The molecule has 0 radical (unpaired) electrons. The number of carbonyl (C=O) groups is 1. The zero-order valence-electron chi connectivity index (χ0n) is 14.5. The number of hydrogen-bond donors (Lipinski definition) is 1. The molecule has 2 aromatic rings. The third-order valence-corrected chi connectivity index (χ3v) is 4.96. The Morgan fingerprint density at radius 2 is 1.88 bits per heavy atom. The van der Waals surface area contributed by atoms with Gasteiger partial charge in [0, 0.05) is 27.7 Å². The molecule has 25 heavy (non-hydrogen) atoms. The summed E-state index contributed by atoms with van der Waals surface area (Å²) in [5.74, 6) is 2.16. The molecule has 1 N–H and O–H groups in total. The number of amides is 1. The van der Waals surface area contributed by atoms with Crippen molar-refractivity contribution in [3.8, 4) is 11.5 Å². The van der Waals surface area contributed by atoms with E-state index in [1.807, 2.05) is 49.4 Å². The van der Waals surface area contributed by atoms with Crippen LogP contribution in [0.4, 0.5) is 0 Å². The molecule has 0 saturated heterocycles. The van der Waals surface area contributed by atoms with Crippen LogP contribution in [0.1, 0.15) is 24.9 Å². The van der Waals surface area contributed by atoms with Crippen LogP contribution in [-0.4, -0.2) is 25.9 Å². The second kappa shape index (κ2) is 9.59. The van der Waals surface area contributed by atoms with Crippen LogP contribution in [0.15, 0.2) is 47.4 Å². The van der Waals surface area contributed by atoms with Crippen molar-refractivity contribution in [2.45, 2.75) is 24.3 Å². The SMILES string of the molecule is COc1ccc(OC)c([C@H](C)NC(=O)CCSc2ccc(Cl)cc2)c1. The van der Waals surface area contributed by atoms with Gasteiger partial charge in [-0.15, -0.1) is 11.8 Å². The number of methoxy groups -OCH3 is 2. The van der Waals surface area contributed by atoms with E-state index < -0.39 is 0 Å². The van der Waals surface area contributed by atoms with Crippen molar-refractivity contribution in [3.05, 3.63) is 53.1 Å². The summed E-state index contributed by atoms with van der Waals surface area (Å²) in [5.41, 5.74) is 0.889. The Morgan fingerprint density at radius 1 is 1.16 bits per heavy atom. The topological polar surface area (TPSA) is 47.6 Å². The highest BCUT2D eigenvalue weighted by Crippen LogP contribution is 2.29. The van der Waals surface area contributed by atoms with Crippen molar-refractivity contribution < 1.29 is 14.3 Å². The van der Waals surface area contributed by atoms with Gasteiger partial charge in [-0.25, -0.2) is 0 Å². The molecule has 0 saturated carbocycles. The number of nitrogens with one attached hydrogen (secondary N) is 1. The van der Waals surface area contributed by atoms with Gasteiger partial charge in [0.1, 0.15) is 11.5 Å². The highest BCUT2D eigenvalue weighted by molar-refractivity contribution is 7.99. The third-order valence-electron chi connectivity index (χ3n) is 3.69. The van der Waals surface area contributed by atoms with Crippen LogP contribution in [0.25, 0.3) is 0 Å². The average molecular weight is 380 g/mol. The number of carbonyl (C=O) groups excluding carboxylic acids is 1. The van der Waals surface area contributed by atoms with Crippen LogP contribution in [0, 0.1) is 0 Å². The molecule has 0 heterocycles. The number of benzene rings is 2. The quantitative estimate of drug-likeness (QED) is 0.674. The molecule has 1 amide bonds. The molecule has 4 nitrogen and oxygen atoms in total. The van der Waals surface area contributed by atoms with E-state index in [1.165, 1.54) is 0 Å². The van der Waals surface area contributed by atoms with Gasteiger partial charge >= 0.3 is 0 Å². The highest BCUT2D eigenvalue weighted by Gasteiger charge is 2.15. The molecule has 0 aliphatic heterocycles. The maximum absolute atomic E-state index is 12.2. The van der Waals surface area contributed by atoms with Crippen molar-refractivity contribution >= 4 is 29.3 Å². The molecule has 6 heteroatoms. The Bertz CT molecular complexity index is 706. The lowest BCUT2D eigenvalue weighted by Crippen LogP contribution is -2.27. The van der Waals surface area contributed by atoms with E-state index in [1.54, 1.807) is 26.0 Å². The number of thioether (sulfide) groups is 1. The summed E-state index contributed by atoms with van der Waals surface area (Å²) in [7, 11) is 3.23. The lowest BCUT2D eigenvalue weighted by molar-refractivity contribution is -0.121. The Balaban J connectivity index is 1.88. The van der Waals surface area contributed by atoms with E-state index in [0.717, 1.165) is 22.0 Å². The largest absolute Gasteiger partial charge is 0.497 e. The lowest BCUT2D eigenvalue weighted by atomic mass is 10.1. The molecule has 1 atom stereocenters. The fraction of sp³-hybridized carbons (Fsp3) is 0.316. The lowest BCUT2D eigenvalue weighted by Gasteiger charge is -2.18. The van der Waals surface area contributed by atoms with Gasteiger partial charge in [0.15, 0.2) is 0 Å². The molecule has 0 aliphatic carbocycles. The van der Waals surface area contributed by atoms with Gasteiger partial charge in [0.05, 0.1) is 20.3 Å². The zero-order chi connectivity index (χ0) is 18.2. The summed E-state index contributed by atoms with van der Waals surface area (Å²) in [6.07, 6.45) is 0.434. The Kier molecular flexibility index (Phi) is 7.47. The van der Waals surface area contributed by atoms with Crippen molar-refractivity contribution in [1.82, 2.24) is 5.32 Å². The van der Waals surface area contributed by atoms with Crippen molar-refractivity contribution in [1.29, 1.82) is 0 Å². The van der Waals surface area contributed by atoms with Gasteiger partial charge < -0.3 is 14.8 Å². The fourth-order valence-corrected chi connectivity index (χ4v) is 3.34. The maximum atomic E-state index is 12.2. The van der Waals surface area contributed by atoms with Crippen molar-refractivity contribution in [2.75, 3.05) is 20.0 Å². The molecule has 2 rings (SSSR count). The maximum Gasteiger partial charge on any atom is 0.221 e. The standard InChI is InChI=1S/C19H22ClNO3S/c1-13(17-12-15(23-2)6-9-18(17)24-3)21-19(22)10-11-25-16-7-4-14(20)5-8-16/h4-9,12-13H,10-11H2,1-3H3,(H,21,22)/t13-/m0/s1. The first-order chi connectivity index (χ1) is 12.0. The molecule has 0 bridgehead atoms. The smallest absolute Gasteiger partial charge is 0.221 e. The van der Waals surface area contributed by atoms with Crippen LogP contribution in [0.3, 0.4) is 0 Å².